The van der Waals surface area contributed by atoms with Crippen LogP contribution in [0.15, 0.2) is 24.3 Å². The van der Waals surface area contributed by atoms with Crippen LogP contribution in [0.1, 0.15) is 34.8 Å². The summed E-state index contributed by atoms with van der Waals surface area (Å²) in [5.74, 6) is 2.52. The molecule has 0 radical (unpaired) electrons. The average molecular weight is 342 g/mol. The van der Waals surface area contributed by atoms with Crippen molar-refractivity contribution in [2.45, 2.75) is 39.0 Å². The zero-order valence-corrected chi connectivity index (χ0v) is 14.4. The van der Waals surface area contributed by atoms with Gasteiger partial charge in [0.05, 0.1) is 12.6 Å². The van der Waals surface area contributed by atoms with Crippen LogP contribution in [0.4, 0.5) is 0 Å². The van der Waals surface area contributed by atoms with Gasteiger partial charge >= 0.3 is 0 Å². The number of nitrogens with zero attached hydrogens (tertiary/aromatic N) is 4. The Morgan fingerprint density at radius 3 is 2.88 bits per heavy atom. The summed E-state index contributed by atoms with van der Waals surface area (Å²) in [5, 5.41) is 8.22. The van der Waals surface area contributed by atoms with Crippen molar-refractivity contribution in [3.05, 3.63) is 41.5 Å². The molecule has 0 bridgehead atoms. The number of hydrogen-bond donors (Lipinski definition) is 0. The van der Waals surface area contributed by atoms with Crippen molar-refractivity contribution in [2.24, 2.45) is 0 Å². The van der Waals surface area contributed by atoms with E-state index in [0.717, 1.165) is 43.4 Å². The standard InChI is InChI=1S/C18H22N4O3/c1-13-19-20-17-11-21(8-9-22(13)17)18(23)14-4-6-15(7-5-14)25-12-16-3-2-10-24-16/h4-7,16H,2-3,8-12H2,1H3. The predicted molar refractivity (Wildman–Crippen MR) is 90.4 cm³/mol. The molecule has 4 rings (SSSR count). The Morgan fingerprint density at radius 1 is 1.28 bits per heavy atom. The van der Waals surface area contributed by atoms with Gasteiger partial charge in [0.2, 0.25) is 0 Å². The first-order chi connectivity index (χ1) is 12.2. The van der Waals surface area contributed by atoms with E-state index in [1.165, 1.54) is 0 Å². The Kier molecular flexibility index (Phi) is 4.40. The number of ether oxygens (including phenoxy) is 2. The third kappa shape index (κ3) is 3.37. The van der Waals surface area contributed by atoms with Gasteiger partial charge in [-0.15, -0.1) is 10.2 Å². The molecular weight excluding hydrogens is 320 g/mol. The molecule has 1 unspecified atom stereocenters. The van der Waals surface area contributed by atoms with Crippen molar-refractivity contribution in [2.75, 3.05) is 19.8 Å². The molecule has 1 fully saturated rings. The second kappa shape index (κ2) is 6.84. The van der Waals surface area contributed by atoms with Crippen molar-refractivity contribution in [3.8, 4) is 5.75 Å². The summed E-state index contributed by atoms with van der Waals surface area (Å²) in [5.41, 5.74) is 0.661. The SMILES string of the molecule is Cc1nnc2n1CCN(C(=O)c1ccc(OCC3CCCO3)cc1)C2. The number of benzene rings is 1. The molecule has 132 valence electrons. The highest BCUT2D eigenvalue weighted by Crippen LogP contribution is 2.19. The lowest BCUT2D eigenvalue weighted by atomic mass is 10.1. The summed E-state index contributed by atoms with van der Waals surface area (Å²) < 4.78 is 13.4. The van der Waals surface area contributed by atoms with Gasteiger partial charge in [0.25, 0.3) is 5.91 Å². The fourth-order valence-electron chi connectivity index (χ4n) is 3.32. The van der Waals surface area contributed by atoms with Crippen LogP contribution in [0.2, 0.25) is 0 Å². The van der Waals surface area contributed by atoms with Crippen LogP contribution < -0.4 is 4.74 Å². The minimum Gasteiger partial charge on any atom is -0.491 e. The maximum Gasteiger partial charge on any atom is 0.254 e. The molecule has 2 aliphatic rings. The van der Waals surface area contributed by atoms with Gasteiger partial charge < -0.3 is 18.9 Å². The molecule has 1 amide bonds. The van der Waals surface area contributed by atoms with Gasteiger partial charge in [-0.1, -0.05) is 0 Å². The highest BCUT2D eigenvalue weighted by molar-refractivity contribution is 5.94. The summed E-state index contributed by atoms with van der Waals surface area (Å²) in [6.45, 7) is 5.23. The molecule has 1 aromatic carbocycles. The number of aromatic nitrogens is 3. The van der Waals surface area contributed by atoms with Crippen molar-refractivity contribution in [3.63, 3.8) is 0 Å². The molecule has 0 N–H and O–H groups in total. The van der Waals surface area contributed by atoms with Crippen LogP contribution in [0, 0.1) is 6.92 Å². The molecule has 7 heteroatoms. The summed E-state index contributed by atoms with van der Waals surface area (Å²) in [7, 11) is 0. The van der Waals surface area contributed by atoms with Crippen LogP contribution in [0.3, 0.4) is 0 Å². The molecule has 1 atom stereocenters. The number of carbonyl (C=O) groups is 1. The van der Waals surface area contributed by atoms with Gasteiger partial charge in [-0.3, -0.25) is 4.79 Å². The van der Waals surface area contributed by atoms with E-state index < -0.39 is 0 Å². The molecule has 25 heavy (non-hydrogen) atoms. The van der Waals surface area contributed by atoms with Crippen LogP contribution in [0.25, 0.3) is 0 Å². The monoisotopic (exact) mass is 342 g/mol. The van der Waals surface area contributed by atoms with Gasteiger partial charge in [0.1, 0.15) is 18.2 Å². The third-order valence-electron chi connectivity index (χ3n) is 4.79. The van der Waals surface area contributed by atoms with Crippen LogP contribution in [0.5, 0.6) is 5.75 Å². The van der Waals surface area contributed by atoms with Gasteiger partial charge in [-0.2, -0.15) is 0 Å². The number of rotatable bonds is 4. The minimum atomic E-state index is 0.0116. The van der Waals surface area contributed by atoms with Crippen LogP contribution in [-0.4, -0.2) is 51.4 Å². The quantitative estimate of drug-likeness (QED) is 0.847. The Labute approximate surface area is 146 Å². The maximum atomic E-state index is 12.7. The average Bonchev–Trinajstić information content (AvgIpc) is 3.30. The van der Waals surface area contributed by atoms with E-state index in [1.807, 2.05) is 36.1 Å². The molecule has 1 saturated heterocycles. The van der Waals surface area contributed by atoms with E-state index >= 15 is 0 Å². The topological polar surface area (TPSA) is 69.5 Å². The van der Waals surface area contributed by atoms with Gasteiger partial charge in [0.15, 0.2) is 5.82 Å². The molecule has 7 nitrogen and oxygen atoms in total. The van der Waals surface area contributed by atoms with E-state index in [4.69, 9.17) is 9.47 Å². The number of fused-ring (bicyclic) bond motifs is 1. The van der Waals surface area contributed by atoms with Crippen molar-refractivity contribution >= 4 is 5.91 Å². The fourth-order valence-corrected chi connectivity index (χ4v) is 3.32. The first kappa shape index (κ1) is 16.1. The number of carbonyl (C=O) groups excluding carboxylic acids is 1. The van der Waals surface area contributed by atoms with E-state index in [-0.39, 0.29) is 12.0 Å². The molecular formula is C18H22N4O3. The summed E-state index contributed by atoms with van der Waals surface area (Å²) in [6.07, 6.45) is 2.34. The van der Waals surface area contributed by atoms with E-state index in [0.29, 0.717) is 25.3 Å². The third-order valence-corrected chi connectivity index (χ3v) is 4.79. The van der Waals surface area contributed by atoms with Gasteiger partial charge in [-0.25, -0.2) is 0 Å². The molecule has 2 aromatic rings. The van der Waals surface area contributed by atoms with E-state index in [2.05, 4.69) is 14.8 Å². The summed E-state index contributed by atoms with van der Waals surface area (Å²) in [6, 6.07) is 7.33. The number of amides is 1. The van der Waals surface area contributed by atoms with Gasteiger partial charge in [-0.05, 0) is 44.0 Å². The molecule has 1 aromatic heterocycles. The molecule has 3 heterocycles. The first-order valence-corrected chi connectivity index (χ1v) is 8.73. The first-order valence-electron chi connectivity index (χ1n) is 8.73. The zero-order valence-electron chi connectivity index (χ0n) is 14.4. The largest absolute Gasteiger partial charge is 0.491 e. The van der Waals surface area contributed by atoms with Crippen molar-refractivity contribution in [1.82, 2.24) is 19.7 Å². The Morgan fingerprint density at radius 2 is 2.12 bits per heavy atom. The molecule has 0 aliphatic carbocycles. The smallest absolute Gasteiger partial charge is 0.254 e. The lowest BCUT2D eigenvalue weighted by molar-refractivity contribution is 0.0677. The Hall–Kier alpha value is -2.41. The minimum absolute atomic E-state index is 0.0116. The predicted octanol–water partition coefficient (Wildman–Crippen LogP) is 1.80. The molecule has 2 aliphatic heterocycles. The highest BCUT2D eigenvalue weighted by Gasteiger charge is 2.24. The second-order valence-corrected chi connectivity index (χ2v) is 6.51. The second-order valence-electron chi connectivity index (χ2n) is 6.51. The molecule has 0 spiro atoms. The molecule has 0 saturated carbocycles. The fraction of sp³-hybridized carbons (Fsp3) is 0.500. The highest BCUT2D eigenvalue weighted by atomic mass is 16.5. The van der Waals surface area contributed by atoms with Crippen LogP contribution in [-0.2, 0) is 17.8 Å². The summed E-state index contributed by atoms with van der Waals surface area (Å²) in [4.78, 5) is 14.5. The van der Waals surface area contributed by atoms with Crippen molar-refractivity contribution < 1.29 is 14.3 Å². The van der Waals surface area contributed by atoms with Gasteiger partial charge in [0, 0.05) is 25.3 Å². The number of hydrogen-bond acceptors (Lipinski definition) is 5. The van der Waals surface area contributed by atoms with E-state index in [1.54, 1.807) is 0 Å². The van der Waals surface area contributed by atoms with Crippen LogP contribution >= 0.6 is 0 Å². The lowest BCUT2D eigenvalue weighted by Gasteiger charge is -2.27. The number of aryl methyl sites for hydroxylation is 1. The normalized spacial score (nSPS) is 19.7. The lowest BCUT2D eigenvalue weighted by Crippen LogP contribution is -2.38. The summed E-state index contributed by atoms with van der Waals surface area (Å²) >= 11 is 0. The Balaban J connectivity index is 1.37. The maximum absolute atomic E-state index is 12.7. The Bertz CT molecular complexity index is 750. The zero-order chi connectivity index (χ0) is 17.2. The van der Waals surface area contributed by atoms with E-state index in [9.17, 15) is 4.79 Å². The van der Waals surface area contributed by atoms with Crippen molar-refractivity contribution in [1.29, 1.82) is 0 Å².